The number of nitrogens with one attached hydrogen (secondary N) is 1. The molecular weight excluding hydrogens is 525 g/mol. The van der Waals surface area contributed by atoms with Crippen LogP contribution in [0.25, 0.3) is 11.3 Å². The van der Waals surface area contributed by atoms with Crippen LogP contribution in [0.3, 0.4) is 0 Å². The van der Waals surface area contributed by atoms with Gasteiger partial charge in [-0.05, 0) is 54.1 Å². The Kier molecular flexibility index (Phi) is 6.55. The molecule has 0 radical (unpaired) electrons. The van der Waals surface area contributed by atoms with Gasteiger partial charge in [0.15, 0.2) is 6.61 Å². The largest absolute Gasteiger partial charge is 0.482 e. The van der Waals surface area contributed by atoms with Gasteiger partial charge in [0, 0.05) is 23.1 Å². The van der Waals surface area contributed by atoms with Gasteiger partial charge < -0.3 is 10.1 Å². The van der Waals surface area contributed by atoms with Crippen LogP contribution >= 0.6 is 34.5 Å². The Morgan fingerprint density at radius 2 is 1.89 bits per heavy atom. The zero-order valence-electron chi connectivity index (χ0n) is 18.2. The van der Waals surface area contributed by atoms with Gasteiger partial charge in [-0.3, -0.25) is 14.9 Å². The number of aromatic nitrogens is 1. The molecule has 36 heavy (non-hydrogen) atoms. The first kappa shape index (κ1) is 23.7. The molecule has 3 aromatic carbocycles. The Balaban J connectivity index is 1.60. The van der Waals surface area contributed by atoms with E-state index in [9.17, 15) is 14.9 Å². The summed E-state index contributed by atoms with van der Waals surface area (Å²) in [6.45, 7) is -0.0307. The minimum absolute atomic E-state index is 0.00958. The van der Waals surface area contributed by atoms with Crippen molar-refractivity contribution < 1.29 is 14.5 Å². The molecule has 2 heterocycles. The maximum atomic E-state index is 11.8. The van der Waals surface area contributed by atoms with E-state index >= 15 is 0 Å². The third-order valence-electron chi connectivity index (χ3n) is 5.15. The van der Waals surface area contributed by atoms with E-state index in [4.69, 9.17) is 27.9 Å². The summed E-state index contributed by atoms with van der Waals surface area (Å²) in [4.78, 5) is 27.5. The van der Waals surface area contributed by atoms with Gasteiger partial charge in [-0.15, -0.1) is 11.3 Å². The molecule has 0 atom stereocenters. The predicted molar refractivity (Wildman–Crippen MR) is 140 cm³/mol. The predicted octanol–water partition coefficient (Wildman–Crippen LogP) is 5.88. The number of carbonyl (C=O) groups is 1. The van der Waals surface area contributed by atoms with Crippen LogP contribution in [0.2, 0.25) is 10.0 Å². The summed E-state index contributed by atoms with van der Waals surface area (Å²) in [7, 11) is 0. The molecule has 1 aliphatic rings. The molecule has 0 bridgehead atoms. The second kappa shape index (κ2) is 9.94. The van der Waals surface area contributed by atoms with E-state index in [1.54, 1.807) is 53.4 Å². The lowest BCUT2D eigenvalue weighted by atomic mass is 10.1. The lowest BCUT2D eigenvalue weighted by molar-refractivity contribution is -0.384. The summed E-state index contributed by atoms with van der Waals surface area (Å²) >= 11 is 13.5. The van der Waals surface area contributed by atoms with Crippen molar-refractivity contribution in [1.82, 2.24) is 4.68 Å². The number of nitro benzene ring substituents is 1. The Morgan fingerprint density at radius 1 is 1.08 bits per heavy atom. The number of ether oxygens (including phenoxy) is 1. The third kappa shape index (κ3) is 5.01. The number of fused-ring (bicyclic) bond motifs is 1. The van der Waals surface area contributed by atoms with E-state index in [0.29, 0.717) is 43.2 Å². The number of thiazole rings is 1. The number of nitro groups is 1. The van der Waals surface area contributed by atoms with E-state index in [1.807, 2.05) is 11.4 Å². The first-order chi connectivity index (χ1) is 17.4. The van der Waals surface area contributed by atoms with E-state index in [1.165, 1.54) is 23.5 Å². The summed E-state index contributed by atoms with van der Waals surface area (Å²) in [6, 6.07) is 16.5. The van der Waals surface area contributed by atoms with E-state index in [2.05, 4.69) is 15.4 Å². The van der Waals surface area contributed by atoms with Crippen molar-refractivity contribution in [3.8, 4) is 17.0 Å². The van der Waals surface area contributed by atoms with Crippen LogP contribution in [0.5, 0.6) is 5.75 Å². The number of non-ortho nitro benzene ring substituents is 1. The normalized spacial score (nSPS) is 13.4. The Morgan fingerprint density at radius 3 is 2.64 bits per heavy atom. The molecule has 4 aromatic rings. The standard InChI is InChI=1S/C24H15Cl2N5O4S/c25-18-7-4-16(10-19(18)26)28-24-30(27-11-14-1-5-17(6-2-14)31(33)34)21(13-36-24)15-3-8-22-20(9-15)29-23(32)12-35-22/h1-11,13H,12H2,(H,29,32). The average Bonchev–Trinajstić information content (AvgIpc) is 3.27. The molecule has 12 heteroatoms. The number of halogens is 2. The summed E-state index contributed by atoms with van der Waals surface area (Å²) < 4.78 is 7.10. The first-order valence-electron chi connectivity index (χ1n) is 10.4. The van der Waals surface area contributed by atoms with Crippen LogP contribution in [-0.2, 0) is 4.79 Å². The lowest BCUT2D eigenvalue weighted by Crippen LogP contribution is -2.25. The van der Waals surface area contributed by atoms with Gasteiger partial charge in [-0.1, -0.05) is 23.2 Å². The number of anilines is 1. The van der Waals surface area contributed by atoms with Gasteiger partial charge in [0.25, 0.3) is 11.6 Å². The number of carbonyl (C=O) groups excluding carboxylic acids is 1. The van der Waals surface area contributed by atoms with Gasteiger partial charge in [0.05, 0.1) is 38.3 Å². The van der Waals surface area contributed by atoms with Crippen molar-refractivity contribution in [3.63, 3.8) is 0 Å². The maximum Gasteiger partial charge on any atom is 0.269 e. The molecule has 0 spiro atoms. The van der Waals surface area contributed by atoms with Crippen LogP contribution in [0.15, 0.2) is 76.1 Å². The topological polar surface area (TPSA) is 111 Å². The molecule has 5 rings (SSSR count). The molecule has 180 valence electrons. The number of rotatable bonds is 5. The average molecular weight is 540 g/mol. The Hall–Kier alpha value is -3.99. The molecular formula is C24H15Cl2N5O4S. The number of amides is 1. The molecule has 1 aromatic heterocycles. The van der Waals surface area contributed by atoms with Crippen LogP contribution in [0.4, 0.5) is 17.1 Å². The SMILES string of the molecule is O=C1COc2ccc(-c3csc(=Nc4ccc(Cl)c(Cl)c4)n3N=Cc3ccc([N+](=O)[O-])cc3)cc2N1. The van der Waals surface area contributed by atoms with E-state index < -0.39 is 4.92 Å². The fraction of sp³-hybridized carbons (Fsp3) is 0.0417. The number of hydrogen-bond acceptors (Lipinski definition) is 7. The zero-order valence-corrected chi connectivity index (χ0v) is 20.5. The van der Waals surface area contributed by atoms with Crippen LogP contribution in [-0.4, -0.2) is 28.3 Å². The van der Waals surface area contributed by atoms with Gasteiger partial charge in [0.2, 0.25) is 4.80 Å². The highest BCUT2D eigenvalue weighted by molar-refractivity contribution is 7.07. The quantitative estimate of drug-likeness (QED) is 0.194. The fourth-order valence-electron chi connectivity index (χ4n) is 3.40. The lowest BCUT2D eigenvalue weighted by Gasteiger charge is -2.18. The fourth-order valence-corrected chi connectivity index (χ4v) is 4.55. The number of nitrogens with zero attached hydrogens (tertiary/aromatic N) is 4. The third-order valence-corrected chi connectivity index (χ3v) is 6.70. The first-order valence-corrected chi connectivity index (χ1v) is 12.1. The molecule has 0 aliphatic carbocycles. The van der Waals surface area contributed by atoms with Crippen molar-refractivity contribution in [2.24, 2.45) is 10.1 Å². The van der Waals surface area contributed by atoms with Gasteiger partial charge >= 0.3 is 0 Å². The smallest absolute Gasteiger partial charge is 0.269 e. The highest BCUT2D eigenvalue weighted by atomic mass is 35.5. The van der Waals surface area contributed by atoms with Crippen molar-refractivity contribution in [2.45, 2.75) is 0 Å². The van der Waals surface area contributed by atoms with Crippen molar-refractivity contribution in [3.05, 3.63) is 96.6 Å². The van der Waals surface area contributed by atoms with Crippen molar-refractivity contribution in [1.29, 1.82) is 0 Å². The van der Waals surface area contributed by atoms with Crippen molar-refractivity contribution >= 4 is 63.7 Å². The van der Waals surface area contributed by atoms with E-state index in [0.717, 1.165) is 5.56 Å². The summed E-state index contributed by atoms with van der Waals surface area (Å²) in [6.07, 6.45) is 1.58. The molecule has 1 aliphatic heterocycles. The van der Waals surface area contributed by atoms with Crippen LogP contribution in [0, 0.1) is 10.1 Å². The summed E-state index contributed by atoms with van der Waals surface area (Å²) in [5.41, 5.74) is 3.28. The Bertz CT molecular complexity index is 1600. The summed E-state index contributed by atoms with van der Waals surface area (Å²) in [5, 5.41) is 21.0. The zero-order chi connectivity index (χ0) is 25.2. The minimum Gasteiger partial charge on any atom is -0.482 e. The monoisotopic (exact) mass is 539 g/mol. The minimum atomic E-state index is -0.459. The van der Waals surface area contributed by atoms with Gasteiger partial charge in [-0.25, -0.2) is 9.67 Å². The van der Waals surface area contributed by atoms with Gasteiger partial charge in [-0.2, -0.15) is 5.10 Å². The van der Waals surface area contributed by atoms with Crippen molar-refractivity contribution in [2.75, 3.05) is 11.9 Å². The van der Waals surface area contributed by atoms with Gasteiger partial charge in [0.1, 0.15) is 5.75 Å². The second-order valence-electron chi connectivity index (χ2n) is 7.57. The second-order valence-corrected chi connectivity index (χ2v) is 9.22. The van der Waals surface area contributed by atoms with Crippen LogP contribution < -0.4 is 14.9 Å². The van der Waals surface area contributed by atoms with E-state index in [-0.39, 0.29) is 18.2 Å². The highest BCUT2D eigenvalue weighted by Crippen LogP contribution is 2.33. The Labute approximate surface area is 218 Å². The maximum absolute atomic E-state index is 11.8. The number of hydrogen-bond donors (Lipinski definition) is 1. The molecule has 9 nitrogen and oxygen atoms in total. The highest BCUT2D eigenvalue weighted by Gasteiger charge is 2.18. The molecule has 0 saturated heterocycles. The number of benzene rings is 3. The molecule has 0 fully saturated rings. The summed E-state index contributed by atoms with van der Waals surface area (Å²) in [5.74, 6) is 0.347. The molecule has 0 unspecified atom stereocenters. The molecule has 0 saturated carbocycles. The van der Waals surface area contributed by atoms with Crippen LogP contribution in [0.1, 0.15) is 5.56 Å². The molecule has 1 amide bonds. The molecule has 1 N–H and O–H groups in total.